The molecule has 0 spiro atoms. The lowest BCUT2D eigenvalue weighted by atomic mass is 9.89. The highest BCUT2D eigenvalue weighted by atomic mass is 16.6. The molecule has 2 rings (SSSR count). The number of nitrogens with one attached hydrogen (secondary N) is 1. The molecule has 1 aromatic rings. The van der Waals surface area contributed by atoms with Crippen molar-refractivity contribution in [3.63, 3.8) is 0 Å². The molecule has 0 saturated heterocycles. The monoisotopic (exact) mass is 265 g/mol. The summed E-state index contributed by atoms with van der Waals surface area (Å²) in [6, 6.07) is 0. The fourth-order valence-electron chi connectivity index (χ4n) is 2.63. The topological polar surface area (TPSA) is 107 Å². The summed E-state index contributed by atoms with van der Waals surface area (Å²) in [4.78, 5) is 18.4. The summed E-state index contributed by atoms with van der Waals surface area (Å²) in [5, 5.41) is 14.2. The second kappa shape index (κ2) is 4.99. The van der Waals surface area contributed by atoms with Gasteiger partial charge in [-0.25, -0.2) is 4.98 Å². The molecule has 0 bridgehead atoms. The Morgan fingerprint density at radius 1 is 1.42 bits per heavy atom. The number of nitro groups is 1. The molecule has 0 aliphatic heterocycles. The Balaban J connectivity index is 2.21. The lowest BCUT2D eigenvalue weighted by Gasteiger charge is -2.23. The maximum Gasteiger partial charge on any atom is 0.332 e. The Labute approximate surface area is 111 Å². The van der Waals surface area contributed by atoms with Crippen molar-refractivity contribution in [3.8, 4) is 0 Å². The van der Waals surface area contributed by atoms with E-state index in [1.807, 2.05) is 0 Å². The smallest absolute Gasteiger partial charge is 0.332 e. The summed E-state index contributed by atoms with van der Waals surface area (Å²) in [5.41, 5.74) is 5.94. The third-order valence-corrected chi connectivity index (χ3v) is 3.75. The number of hydrogen-bond acceptors (Lipinski definition) is 6. The number of aromatic nitrogens is 2. The van der Waals surface area contributed by atoms with Gasteiger partial charge in [-0.2, -0.15) is 4.98 Å². The van der Waals surface area contributed by atoms with Crippen LogP contribution in [0.4, 0.5) is 17.5 Å². The molecule has 19 heavy (non-hydrogen) atoms. The molecule has 0 radical (unpaired) electrons. The summed E-state index contributed by atoms with van der Waals surface area (Å²) in [6.45, 7) is 4.43. The Bertz CT molecular complexity index is 497. The number of rotatable bonds is 4. The Kier molecular flexibility index (Phi) is 3.55. The average molecular weight is 265 g/mol. The molecule has 0 aromatic carbocycles. The quantitative estimate of drug-likeness (QED) is 0.638. The molecule has 7 heteroatoms. The fraction of sp³-hybridized carbons (Fsp3) is 0.667. The summed E-state index contributed by atoms with van der Waals surface area (Å²) < 4.78 is 0. The summed E-state index contributed by atoms with van der Waals surface area (Å²) in [5.74, 6) is 0.283. The third kappa shape index (κ3) is 2.91. The third-order valence-electron chi connectivity index (χ3n) is 3.75. The highest BCUT2D eigenvalue weighted by Gasteiger charge is 2.30. The van der Waals surface area contributed by atoms with Crippen LogP contribution in [0.25, 0.3) is 0 Å². The molecule has 1 aliphatic carbocycles. The summed E-state index contributed by atoms with van der Waals surface area (Å²) in [7, 11) is 0. The Morgan fingerprint density at radius 2 is 2.05 bits per heavy atom. The molecule has 1 aliphatic rings. The molecule has 0 amide bonds. The zero-order valence-electron chi connectivity index (χ0n) is 11.3. The van der Waals surface area contributed by atoms with Gasteiger partial charge in [-0.15, -0.1) is 0 Å². The van der Waals surface area contributed by atoms with Gasteiger partial charge in [-0.05, 0) is 25.2 Å². The number of nitrogens with zero attached hydrogens (tertiary/aromatic N) is 3. The van der Waals surface area contributed by atoms with Crippen LogP contribution in [0.5, 0.6) is 0 Å². The molecule has 0 atom stereocenters. The number of nitrogens with two attached hydrogens (primary N) is 1. The van der Waals surface area contributed by atoms with Gasteiger partial charge in [0, 0.05) is 6.54 Å². The van der Waals surface area contributed by atoms with Gasteiger partial charge in [0.2, 0.25) is 11.8 Å². The molecular formula is C12H19N5O2. The maximum absolute atomic E-state index is 11.1. The van der Waals surface area contributed by atoms with E-state index in [-0.39, 0.29) is 28.6 Å². The van der Waals surface area contributed by atoms with Crippen molar-refractivity contribution >= 4 is 17.5 Å². The number of hydrogen-bond donors (Lipinski definition) is 2. The molecule has 1 heterocycles. The van der Waals surface area contributed by atoms with Crippen LogP contribution in [0, 0.1) is 22.5 Å². The van der Waals surface area contributed by atoms with E-state index in [2.05, 4.69) is 22.2 Å². The van der Waals surface area contributed by atoms with Crippen molar-refractivity contribution in [2.45, 2.75) is 39.5 Å². The Hall–Kier alpha value is -1.92. The molecule has 104 valence electrons. The van der Waals surface area contributed by atoms with Crippen molar-refractivity contribution < 1.29 is 4.92 Å². The SMILES string of the molecule is Cc1nc(N)nc(NCC2(C)CCCC2)c1[N+](=O)[O-]. The molecule has 1 saturated carbocycles. The van der Waals surface area contributed by atoms with E-state index >= 15 is 0 Å². The van der Waals surface area contributed by atoms with Crippen molar-refractivity contribution in [1.29, 1.82) is 0 Å². The van der Waals surface area contributed by atoms with E-state index in [9.17, 15) is 10.1 Å². The van der Waals surface area contributed by atoms with Crippen molar-refractivity contribution in [1.82, 2.24) is 9.97 Å². The van der Waals surface area contributed by atoms with E-state index in [4.69, 9.17) is 5.73 Å². The van der Waals surface area contributed by atoms with Gasteiger partial charge in [-0.1, -0.05) is 19.8 Å². The first-order valence-electron chi connectivity index (χ1n) is 6.44. The first-order valence-corrected chi connectivity index (χ1v) is 6.44. The van der Waals surface area contributed by atoms with Crippen LogP contribution in [0.15, 0.2) is 0 Å². The molecule has 0 unspecified atom stereocenters. The van der Waals surface area contributed by atoms with E-state index in [0.717, 1.165) is 12.8 Å². The van der Waals surface area contributed by atoms with Crippen LogP contribution in [-0.4, -0.2) is 21.4 Å². The minimum Gasteiger partial charge on any atom is -0.368 e. The van der Waals surface area contributed by atoms with Gasteiger partial charge in [-0.3, -0.25) is 10.1 Å². The predicted octanol–water partition coefficient (Wildman–Crippen LogP) is 2.27. The molecule has 3 N–H and O–H groups in total. The van der Waals surface area contributed by atoms with Crippen LogP contribution in [0.1, 0.15) is 38.3 Å². The fourth-order valence-corrected chi connectivity index (χ4v) is 2.63. The van der Waals surface area contributed by atoms with Crippen LogP contribution in [0.3, 0.4) is 0 Å². The number of aryl methyl sites for hydroxylation is 1. The Morgan fingerprint density at radius 3 is 2.63 bits per heavy atom. The second-order valence-corrected chi connectivity index (χ2v) is 5.49. The number of anilines is 2. The van der Waals surface area contributed by atoms with E-state index in [0.29, 0.717) is 6.54 Å². The van der Waals surface area contributed by atoms with E-state index in [1.54, 1.807) is 6.92 Å². The zero-order valence-corrected chi connectivity index (χ0v) is 11.3. The van der Waals surface area contributed by atoms with E-state index in [1.165, 1.54) is 12.8 Å². The molecule has 1 fully saturated rings. The molecular weight excluding hydrogens is 246 g/mol. The van der Waals surface area contributed by atoms with Crippen molar-refractivity contribution in [3.05, 3.63) is 15.8 Å². The van der Waals surface area contributed by atoms with Gasteiger partial charge in [0.25, 0.3) is 0 Å². The van der Waals surface area contributed by atoms with Gasteiger partial charge >= 0.3 is 5.69 Å². The second-order valence-electron chi connectivity index (χ2n) is 5.49. The largest absolute Gasteiger partial charge is 0.368 e. The lowest BCUT2D eigenvalue weighted by molar-refractivity contribution is -0.385. The lowest BCUT2D eigenvalue weighted by Crippen LogP contribution is -2.24. The highest BCUT2D eigenvalue weighted by molar-refractivity contribution is 5.60. The normalized spacial score (nSPS) is 17.4. The van der Waals surface area contributed by atoms with Crippen LogP contribution in [0.2, 0.25) is 0 Å². The van der Waals surface area contributed by atoms with Gasteiger partial charge < -0.3 is 11.1 Å². The zero-order chi connectivity index (χ0) is 14.0. The van der Waals surface area contributed by atoms with Crippen molar-refractivity contribution in [2.75, 3.05) is 17.6 Å². The van der Waals surface area contributed by atoms with Crippen LogP contribution >= 0.6 is 0 Å². The van der Waals surface area contributed by atoms with Gasteiger partial charge in [0.1, 0.15) is 5.69 Å². The average Bonchev–Trinajstić information content (AvgIpc) is 2.72. The predicted molar refractivity (Wildman–Crippen MR) is 72.9 cm³/mol. The van der Waals surface area contributed by atoms with E-state index < -0.39 is 4.92 Å². The molecule has 1 aromatic heterocycles. The highest BCUT2D eigenvalue weighted by Crippen LogP contribution is 2.38. The minimum atomic E-state index is -0.464. The first-order chi connectivity index (χ1) is 8.91. The van der Waals surface area contributed by atoms with Gasteiger partial charge in [0.05, 0.1) is 4.92 Å². The maximum atomic E-state index is 11.1. The first kappa shape index (κ1) is 13.5. The molecule has 7 nitrogen and oxygen atoms in total. The van der Waals surface area contributed by atoms with Gasteiger partial charge in [0.15, 0.2) is 0 Å². The number of nitrogen functional groups attached to an aromatic ring is 1. The summed E-state index contributed by atoms with van der Waals surface area (Å²) >= 11 is 0. The van der Waals surface area contributed by atoms with Crippen molar-refractivity contribution in [2.24, 2.45) is 5.41 Å². The minimum absolute atomic E-state index is 0.0576. The van der Waals surface area contributed by atoms with Crippen LogP contribution in [-0.2, 0) is 0 Å². The van der Waals surface area contributed by atoms with Crippen LogP contribution < -0.4 is 11.1 Å². The summed E-state index contributed by atoms with van der Waals surface area (Å²) in [6.07, 6.45) is 4.69. The standard InChI is InChI=1S/C12H19N5O2/c1-8-9(17(18)19)10(16-11(13)15-8)14-7-12(2)5-3-4-6-12/h3-7H2,1-2H3,(H3,13,14,15,16).